The van der Waals surface area contributed by atoms with Crippen LogP contribution in [0, 0.1) is 10.1 Å². The number of benzene rings is 2. The Kier molecular flexibility index (Phi) is 3.84. The maximum absolute atomic E-state index is 11.6. The van der Waals surface area contributed by atoms with Crippen molar-refractivity contribution in [2.75, 3.05) is 6.26 Å². The van der Waals surface area contributed by atoms with Gasteiger partial charge in [0.2, 0.25) is 5.75 Å². The van der Waals surface area contributed by atoms with Crippen molar-refractivity contribution in [2.24, 2.45) is 0 Å². The fourth-order valence-electron chi connectivity index (χ4n) is 2.58. The first kappa shape index (κ1) is 16.1. The van der Waals surface area contributed by atoms with E-state index in [0.29, 0.717) is 24.2 Å². The third-order valence-corrected chi connectivity index (χ3v) is 4.89. The number of hydrogen-bond donors (Lipinski definition) is 0. The maximum Gasteiger partial charge on any atom is 0.312 e. The molecule has 0 radical (unpaired) electrons. The van der Waals surface area contributed by atoms with Gasteiger partial charge in [0.25, 0.3) is 0 Å². The van der Waals surface area contributed by atoms with Gasteiger partial charge in [-0.2, -0.15) is 0 Å². The number of ether oxygens (including phenoxy) is 1. The van der Waals surface area contributed by atoms with Gasteiger partial charge < -0.3 is 4.74 Å². The largest absolute Gasteiger partial charge is 0.450 e. The van der Waals surface area contributed by atoms with Gasteiger partial charge in [-0.1, -0.05) is 0 Å². The van der Waals surface area contributed by atoms with E-state index in [4.69, 9.17) is 4.74 Å². The Labute approximate surface area is 137 Å². The van der Waals surface area contributed by atoms with Gasteiger partial charge in [0, 0.05) is 24.3 Å². The van der Waals surface area contributed by atoms with Crippen LogP contribution in [0.15, 0.2) is 41.3 Å². The molecule has 0 amide bonds. The Balaban J connectivity index is 1.98. The molecule has 0 bridgehead atoms. The van der Waals surface area contributed by atoms with E-state index in [1.165, 1.54) is 12.1 Å². The van der Waals surface area contributed by atoms with Crippen molar-refractivity contribution in [3.8, 4) is 11.5 Å². The summed E-state index contributed by atoms with van der Waals surface area (Å²) >= 11 is 0. The standard InChI is InChI=1S/C16H13NO6S/c1-24(21,22)12-4-7-16(14(9-12)17(19)20)23-11-3-5-13-10(8-11)2-6-15(13)18/h3-5,7-9H,2,6H2,1H3. The summed E-state index contributed by atoms with van der Waals surface area (Å²) in [6.45, 7) is 0. The van der Waals surface area contributed by atoms with Crippen molar-refractivity contribution >= 4 is 21.3 Å². The van der Waals surface area contributed by atoms with Crippen molar-refractivity contribution in [2.45, 2.75) is 17.7 Å². The Bertz CT molecular complexity index is 965. The van der Waals surface area contributed by atoms with Gasteiger partial charge in [0.15, 0.2) is 15.6 Å². The van der Waals surface area contributed by atoms with Crippen LogP contribution < -0.4 is 4.74 Å². The topological polar surface area (TPSA) is 104 Å². The third-order valence-electron chi connectivity index (χ3n) is 3.78. The van der Waals surface area contributed by atoms with Crippen LogP contribution in [-0.4, -0.2) is 25.4 Å². The van der Waals surface area contributed by atoms with E-state index in [1.807, 2.05) is 0 Å². The van der Waals surface area contributed by atoms with Crippen molar-refractivity contribution < 1.29 is 22.9 Å². The average Bonchev–Trinajstić information content (AvgIpc) is 2.87. The fraction of sp³-hybridized carbons (Fsp3) is 0.188. The number of carbonyl (C=O) groups excluding carboxylic acids is 1. The van der Waals surface area contributed by atoms with Crippen LogP contribution in [0.1, 0.15) is 22.3 Å². The highest BCUT2D eigenvalue weighted by Gasteiger charge is 2.22. The van der Waals surface area contributed by atoms with Gasteiger partial charge in [0.05, 0.1) is 9.82 Å². The molecule has 2 aromatic carbocycles. The summed E-state index contributed by atoms with van der Waals surface area (Å²) in [7, 11) is -3.56. The molecule has 24 heavy (non-hydrogen) atoms. The summed E-state index contributed by atoms with van der Waals surface area (Å²) in [4.78, 5) is 22.0. The summed E-state index contributed by atoms with van der Waals surface area (Å²) in [6.07, 6.45) is 2.03. The minimum absolute atomic E-state index is 0.0586. The smallest absolute Gasteiger partial charge is 0.312 e. The summed E-state index contributed by atoms with van der Waals surface area (Å²) < 4.78 is 28.6. The molecule has 124 valence electrons. The molecule has 0 unspecified atom stereocenters. The molecule has 8 heteroatoms. The first-order valence-electron chi connectivity index (χ1n) is 7.08. The van der Waals surface area contributed by atoms with Crippen LogP contribution in [0.5, 0.6) is 11.5 Å². The predicted octanol–water partition coefficient (Wildman–Crippen LogP) is 2.92. The normalized spacial score (nSPS) is 13.6. The zero-order valence-electron chi connectivity index (χ0n) is 12.7. The van der Waals surface area contributed by atoms with Crippen molar-refractivity contribution in [1.82, 2.24) is 0 Å². The number of fused-ring (bicyclic) bond motifs is 1. The molecule has 0 heterocycles. The van der Waals surface area contributed by atoms with E-state index in [-0.39, 0.29) is 16.4 Å². The van der Waals surface area contributed by atoms with Gasteiger partial charge in [-0.25, -0.2) is 8.42 Å². The van der Waals surface area contributed by atoms with Crippen LogP contribution >= 0.6 is 0 Å². The van der Waals surface area contributed by atoms with Crippen LogP contribution in [0.4, 0.5) is 5.69 Å². The SMILES string of the molecule is CS(=O)(=O)c1ccc(Oc2ccc3c(c2)CCC3=O)c([N+](=O)[O-])c1. The van der Waals surface area contributed by atoms with Crippen molar-refractivity contribution in [3.05, 3.63) is 57.6 Å². The molecular weight excluding hydrogens is 334 g/mol. The second-order valence-corrected chi connectivity index (χ2v) is 7.52. The molecule has 1 aliphatic rings. The quantitative estimate of drug-likeness (QED) is 0.622. The van der Waals surface area contributed by atoms with Gasteiger partial charge in [0.1, 0.15) is 5.75 Å². The van der Waals surface area contributed by atoms with Crippen LogP contribution in [0.3, 0.4) is 0 Å². The molecule has 3 rings (SSSR count). The second kappa shape index (κ2) is 5.72. The summed E-state index contributed by atoms with van der Waals surface area (Å²) in [5.74, 6) is 0.371. The Hall–Kier alpha value is -2.74. The third kappa shape index (κ3) is 3.00. The lowest BCUT2D eigenvalue weighted by Crippen LogP contribution is -2.00. The molecule has 0 N–H and O–H groups in total. The van der Waals surface area contributed by atoms with Gasteiger partial charge in [-0.15, -0.1) is 0 Å². The fourth-order valence-corrected chi connectivity index (χ4v) is 3.22. The van der Waals surface area contributed by atoms with Gasteiger partial charge >= 0.3 is 5.69 Å². The maximum atomic E-state index is 11.6. The van der Waals surface area contributed by atoms with Gasteiger partial charge in [-0.3, -0.25) is 14.9 Å². The number of hydrogen-bond acceptors (Lipinski definition) is 6. The number of nitro benzene ring substituents is 1. The summed E-state index contributed by atoms with van der Waals surface area (Å²) in [5.41, 5.74) is 1.05. The van der Waals surface area contributed by atoms with E-state index >= 15 is 0 Å². The Morgan fingerprint density at radius 2 is 1.88 bits per heavy atom. The highest BCUT2D eigenvalue weighted by Crippen LogP contribution is 2.35. The molecule has 0 saturated carbocycles. The Morgan fingerprint density at radius 1 is 1.12 bits per heavy atom. The minimum atomic E-state index is -3.56. The highest BCUT2D eigenvalue weighted by molar-refractivity contribution is 7.90. The molecule has 0 saturated heterocycles. The van der Waals surface area contributed by atoms with Crippen molar-refractivity contribution in [3.63, 3.8) is 0 Å². The number of Topliss-reactive ketones (excluding diaryl/α,β-unsaturated/α-hetero) is 1. The lowest BCUT2D eigenvalue weighted by Gasteiger charge is -2.09. The zero-order valence-corrected chi connectivity index (χ0v) is 13.5. The lowest BCUT2D eigenvalue weighted by atomic mass is 10.1. The van der Waals surface area contributed by atoms with E-state index in [1.54, 1.807) is 18.2 Å². The number of sulfone groups is 1. The van der Waals surface area contributed by atoms with E-state index in [9.17, 15) is 23.3 Å². The second-order valence-electron chi connectivity index (χ2n) is 5.50. The molecule has 0 fully saturated rings. The zero-order chi connectivity index (χ0) is 17.5. The summed E-state index contributed by atoms with van der Waals surface area (Å²) in [6, 6.07) is 8.37. The molecular formula is C16H13NO6S. The lowest BCUT2D eigenvalue weighted by molar-refractivity contribution is -0.385. The van der Waals surface area contributed by atoms with E-state index in [2.05, 4.69) is 0 Å². The number of nitro groups is 1. The summed E-state index contributed by atoms with van der Waals surface area (Å²) in [5, 5.41) is 11.2. The molecule has 7 nitrogen and oxygen atoms in total. The predicted molar refractivity (Wildman–Crippen MR) is 85.4 cm³/mol. The number of aryl methyl sites for hydroxylation is 1. The van der Waals surface area contributed by atoms with Crippen LogP contribution in [0.25, 0.3) is 0 Å². The number of ketones is 1. The molecule has 2 aromatic rings. The highest BCUT2D eigenvalue weighted by atomic mass is 32.2. The molecule has 0 spiro atoms. The van der Waals surface area contributed by atoms with E-state index in [0.717, 1.165) is 17.9 Å². The first-order chi connectivity index (χ1) is 11.3. The number of nitrogens with zero attached hydrogens (tertiary/aromatic N) is 1. The molecule has 0 aliphatic heterocycles. The van der Waals surface area contributed by atoms with Gasteiger partial charge in [-0.05, 0) is 42.3 Å². The van der Waals surface area contributed by atoms with Crippen molar-refractivity contribution in [1.29, 1.82) is 0 Å². The average molecular weight is 347 g/mol. The van der Waals surface area contributed by atoms with Crippen LogP contribution in [-0.2, 0) is 16.3 Å². The van der Waals surface area contributed by atoms with E-state index < -0.39 is 20.4 Å². The minimum Gasteiger partial charge on any atom is -0.450 e. The number of rotatable bonds is 4. The monoisotopic (exact) mass is 347 g/mol. The Morgan fingerprint density at radius 3 is 2.54 bits per heavy atom. The first-order valence-corrected chi connectivity index (χ1v) is 8.97. The molecule has 0 aromatic heterocycles. The van der Waals surface area contributed by atoms with Crippen LogP contribution in [0.2, 0.25) is 0 Å². The number of carbonyl (C=O) groups is 1. The molecule has 1 aliphatic carbocycles. The molecule has 0 atom stereocenters.